The summed E-state index contributed by atoms with van der Waals surface area (Å²) in [6.07, 6.45) is 0. The summed E-state index contributed by atoms with van der Waals surface area (Å²) in [5.41, 5.74) is 0.328. The van der Waals surface area contributed by atoms with Gasteiger partial charge < -0.3 is 20.3 Å². The quantitative estimate of drug-likeness (QED) is 0.291. The average Bonchev–Trinajstić information content (AvgIpc) is 2.72. The minimum atomic E-state index is -0.596. The molecule has 4 rings (SSSR count). The third kappa shape index (κ3) is 4.64. The average molecular weight is 475 g/mol. The van der Waals surface area contributed by atoms with Crippen LogP contribution in [0.4, 0.5) is 5.69 Å². The van der Waals surface area contributed by atoms with Crippen molar-refractivity contribution >= 4 is 57.2 Å². The number of benzene rings is 4. The summed E-state index contributed by atoms with van der Waals surface area (Å²) in [6.45, 7) is 0. The first-order valence-electron chi connectivity index (χ1n) is 9.00. The van der Waals surface area contributed by atoms with Gasteiger partial charge in [-0.05, 0) is 65.4 Å². The van der Waals surface area contributed by atoms with Crippen LogP contribution in [0.15, 0.2) is 66.7 Å². The third-order valence-electron chi connectivity index (χ3n) is 4.49. The standard InChI is InChI=1S/C23H14Cl3NO4/c24-14-9-18(22(29)20(26)10-14)23(30)27-15-3-6-21(19(25)11-15)31-17-5-2-12-1-4-16(28)7-13(12)8-17/h1-11,28-29H,(H,27,30). The smallest absolute Gasteiger partial charge is 0.259 e. The molecule has 0 aromatic heterocycles. The van der Waals surface area contributed by atoms with Crippen LogP contribution in [0.5, 0.6) is 23.0 Å². The van der Waals surface area contributed by atoms with Crippen LogP contribution in [-0.4, -0.2) is 16.1 Å². The molecule has 0 fully saturated rings. The van der Waals surface area contributed by atoms with Gasteiger partial charge in [-0.3, -0.25) is 4.79 Å². The van der Waals surface area contributed by atoms with Gasteiger partial charge in [0, 0.05) is 10.7 Å². The second-order valence-corrected chi connectivity index (χ2v) is 7.93. The van der Waals surface area contributed by atoms with Gasteiger partial charge in [0.25, 0.3) is 5.91 Å². The van der Waals surface area contributed by atoms with Gasteiger partial charge in [0.15, 0.2) is 0 Å². The number of nitrogens with one attached hydrogen (secondary N) is 1. The molecule has 3 N–H and O–H groups in total. The van der Waals surface area contributed by atoms with Crippen LogP contribution in [0, 0.1) is 0 Å². The monoisotopic (exact) mass is 473 g/mol. The summed E-state index contributed by atoms with van der Waals surface area (Å²) >= 11 is 18.1. The minimum absolute atomic E-state index is 0.0249. The number of carbonyl (C=O) groups excluding carboxylic acids is 1. The fraction of sp³-hybridized carbons (Fsp3) is 0. The molecular weight excluding hydrogens is 461 g/mol. The van der Waals surface area contributed by atoms with Crippen LogP contribution in [0.2, 0.25) is 15.1 Å². The second-order valence-electron chi connectivity index (χ2n) is 6.68. The Morgan fingerprint density at radius 1 is 0.806 bits per heavy atom. The van der Waals surface area contributed by atoms with E-state index in [1.54, 1.807) is 36.4 Å². The van der Waals surface area contributed by atoms with Crippen molar-refractivity contribution in [3.63, 3.8) is 0 Å². The van der Waals surface area contributed by atoms with E-state index in [4.69, 9.17) is 39.5 Å². The van der Waals surface area contributed by atoms with Gasteiger partial charge in [-0.15, -0.1) is 0 Å². The van der Waals surface area contributed by atoms with Crippen LogP contribution in [0.3, 0.4) is 0 Å². The van der Waals surface area contributed by atoms with E-state index < -0.39 is 5.91 Å². The summed E-state index contributed by atoms with van der Waals surface area (Å²) in [6, 6.07) is 17.9. The molecule has 5 nitrogen and oxygen atoms in total. The highest BCUT2D eigenvalue weighted by Crippen LogP contribution is 2.35. The molecule has 4 aromatic carbocycles. The van der Waals surface area contributed by atoms with E-state index >= 15 is 0 Å². The lowest BCUT2D eigenvalue weighted by Gasteiger charge is -2.12. The fourth-order valence-electron chi connectivity index (χ4n) is 3.00. The molecule has 0 aliphatic rings. The highest BCUT2D eigenvalue weighted by atomic mass is 35.5. The Morgan fingerprint density at radius 3 is 2.35 bits per heavy atom. The lowest BCUT2D eigenvalue weighted by Crippen LogP contribution is -2.12. The van der Waals surface area contributed by atoms with E-state index in [2.05, 4.69) is 5.32 Å². The van der Waals surface area contributed by atoms with Crippen molar-refractivity contribution < 1.29 is 19.7 Å². The van der Waals surface area contributed by atoms with Gasteiger partial charge >= 0.3 is 0 Å². The predicted octanol–water partition coefficient (Wildman–Crippen LogP) is 7.26. The number of hydrogen-bond donors (Lipinski definition) is 3. The molecule has 1 amide bonds. The number of hydrogen-bond acceptors (Lipinski definition) is 4. The number of anilines is 1. The maximum Gasteiger partial charge on any atom is 0.259 e. The third-order valence-corrected chi connectivity index (χ3v) is 5.29. The van der Waals surface area contributed by atoms with Gasteiger partial charge in [0.2, 0.25) is 0 Å². The van der Waals surface area contributed by atoms with Gasteiger partial charge in [-0.25, -0.2) is 0 Å². The first-order valence-corrected chi connectivity index (χ1v) is 10.1. The lowest BCUT2D eigenvalue weighted by molar-refractivity contribution is 0.102. The molecular formula is C23H14Cl3NO4. The molecule has 156 valence electrons. The SMILES string of the molecule is O=C(Nc1ccc(Oc2ccc3ccc(O)cc3c2)c(Cl)c1)c1cc(Cl)cc(Cl)c1O. The Hall–Kier alpha value is -3.12. The number of aromatic hydroxyl groups is 2. The summed E-state index contributed by atoms with van der Waals surface area (Å²) in [7, 11) is 0. The molecule has 0 aliphatic carbocycles. The molecule has 0 heterocycles. The zero-order chi connectivity index (χ0) is 22.1. The largest absolute Gasteiger partial charge is 0.508 e. The number of amides is 1. The number of phenolic OH excluding ortho intramolecular Hbond substituents is 2. The molecule has 0 bridgehead atoms. The maximum absolute atomic E-state index is 12.5. The molecule has 8 heteroatoms. The Balaban J connectivity index is 1.54. The van der Waals surface area contributed by atoms with Gasteiger partial charge in [-0.2, -0.15) is 0 Å². The van der Waals surface area contributed by atoms with Crippen molar-refractivity contribution in [2.75, 3.05) is 5.32 Å². The zero-order valence-electron chi connectivity index (χ0n) is 15.7. The number of carbonyl (C=O) groups is 1. The molecule has 0 atom stereocenters. The van der Waals surface area contributed by atoms with E-state index in [0.717, 1.165) is 10.8 Å². The van der Waals surface area contributed by atoms with Gasteiger partial charge in [0.05, 0.1) is 15.6 Å². The Labute approximate surface area is 192 Å². The number of fused-ring (bicyclic) bond motifs is 1. The molecule has 0 saturated heterocycles. The molecule has 0 radical (unpaired) electrons. The molecule has 0 aliphatic heterocycles. The second kappa shape index (κ2) is 8.55. The summed E-state index contributed by atoms with van der Waals surface area (Å²) in [5.74, 6) is 0.121. The van der Waals surface area contributed by atoms with Crippen LogP contribution < -0.4 is 10.1 Å². The zero-order valence-corrected chi connectivity index (χ0v) is 18.0. The summed E-state index contributed by atoms with van der Waals surface area (Å²) < 4.78 is 5.85. The Kier molecular flexibility index (Phi) is 5.83. The van der Waals surface area contributed by atoms with E-state index in [0.29, 0.717) is 17.2 Å². The van der Waals surface area contributed by atoms with Gasteiger partial charge in [0.1, 0.15) is 23.0 Å². The van der Waals surface area contributed by atoms with Crippen LogP contribution in [0.1, 0.15) is 10.4 Å². The number of ether oxygens (including phenoxy) is 1. The predicted molar refractivity (Wildman–Crippen MR) is 123 cm³/mol. The van der Waals surface area contributed by atoms with Crippen LogP contribution in [-0.2, 0) is 0 Å². The van der Waals surface area contributed by atoms with Crippen LogP contribution >= 0.6 is 34.8 Å². The van der Waals surface area contributed by atoms with E-state index in [9.17, 15) is 15.0 Å². The summed E-state index contributed by atoms with van der Waals surface area (Å²) in [4.78, 5) is 12.5. The van der Waals surface area contributed by atoms with Crippen molar-refractivity contribution in [2.24, 2.45) is 0 Å². The normalized spacial score (nSPS) is 10.8. The van der Waals surface area contributed by atoms with E-state index in [1.807, 2.05) is 12.1 Å². The maximum atomic E-state index is 12.5. The molecule has 0 spiro atoms. The Bertz CT molecular complexity index is 1320. The molecule has 4 aromatic rings. The lowest BCUT2D eigenvalue weighted by atomic mass is 10.1. The number of rotatable bonds is 4. The van der Waals surface area contributed by atoms with Crippen molar-refractivity contribution in [1.82, 2.24) is 0 Å². The first-order chi connectivity index (χ1) is 14.8. The van der Waals surface area contributed by atoms with Crippen molar-refractivity contribution in [1.29, 1.82) is 0 Å². The Morgan fingerprint density at radius 2 is 1.58 bits per heavy atom. The number of phenols is 2. The minimum Gasteiger partial charge on any atom is -0.508 e. The van der Waals surface area contributed by atoms with Crippen molar-refractivity contribution in [2.45, 2.75) is 0 Å². The number of halogens is 3. The van der Waals surface area contributed by atoms with Crippen molar-refractivity contribution in [3.05, 3.63) is 87.4 Å². The fourth-order valence-corrected chi connectivity index (χ4v) is 3.71. The van der Waals surface area contributed by atoms with E-state index in [1.165, 1.54) is 18.2 Å². The first kappa shape index (κ1) is 21.1. The van der Waals surface area contributed by atoms with E-state index in [-0.39, 0.29) is 32.1 Å². The highest BCUT2D eigenvalue weighted by molar-refractivity contribution is 6.36. The molecule has 0 unspecified atom stereocenters. The van der Waals surface area contributed by atoms with Crippen LogP contribution in [0.25, 0.3) is 10.8 Å². The van der Waals surface area contributed by atoms with Crippen molar-refractivity contribution in [3.8, 4) is 23.0 Å². The molecule has 0 saturated carbocycles. The molecule has 31 heavy (non-hydrogen) atoms. The highest BCUT2D eigenvalue weighted by Gasteiger charge is 2.16. The topological polar surface area (TPSA) is 78.8 Å². The summed E-state index contributed by atoms with van der Waals surface area (Å²) in [5, 5.41) is 24.5. The van der Waals surface area contributed by atoms with Gasteiger partial charge in [-0.1, -0.05) is 46.9 Å².